The normalized spacial score (nSPS) is 24.6. The molecule has 0 spiro atoms. The van der Waals surface area contributed by atoms with Crippen molar-refractivity contribution in [2.45, 2.75) is 64.8 Å². The first-order valence-electron chi connectivity index (χ1n) is 8.56. The molecule has 0 unspecified atom stereocenters. The number of nitrogens with zero attached hydrogens (tertiary/aromatic N) is 1. The molecule has 2 amide bonds. The molecule has 2 atom stereocenters. The number of carbonyl (C=O) groups is 2. The highest BCUT2D eigenvalue weighted by atomic mass is 16.7. The molecule has 2 fully saturated rings. The van der Waals surface area contributed by atoms with Gasteiger partial charge in [0.25, 0.3) is 5.91 Å². The Morgan fingerprint density at radius 2 is 1.83 bits per heavy atom. The molecule has 0 aromatic rings. The van der Waals surface area contributed by atoms with Crippen molar-refractivity contribution < 1.29 is 19.1 Å². The van der Waals surface area contributed by atoms with Crippen LogP contribution in [0.2, 0.25) is 0 Å². The van der Waals surface area contributed by atoms with Crippen LogP contribution in [0, 0.1) is 5.92 Å². The SMILES string of the molecule is CC(C)CC(=O)NNC(=O)[C@@H](C)N1CCCC[C@@H]1C1OCCO1. The van der Waals surface area contributed by atoms with Crippen LogP contribution in [0.4, 0.5) is 0 Å². The lowest BCUT2D eigenvalue weighted by Crippen LogP contribution is -2.57. The van der Waals surface area contributed by atoms with Crippen molar-refractivity contribution in [2.75, 3.05) is 19.8 Å². The topological polar surface area (TPSA) is 79.9 Å². The molecule has 23 heavy (non-hydrogen) atoms. The van der Waals surface area contributed by atoms with Crippen LogP contribution < -0.4 is 10.9 Å². The summed E-state index contributed by atoms with van der Waals surface area (Å²) in [6.07, 6.45) is 3.28. The Morgan fingerprint density at radius 1 is 1.13 bits per heavy atom. The second kappa shape index (κ2) is 8.61. The van der Waals surface area contributed by atoms with Gasteiger partial charge in [0.1, 0.15) is 0 Å². The average molecular weight is 327 g/mol. The smallest absolute Gasteiger partial charge is 0.255 e. The van der Waals surface area contributed by atoms with E-state index in [1.807, 2.05) is 20.8 Å². The largest absolute Gasteiger partial charge is 0.349 e. The maximum absolute atomic E-state index is 12.3. The van der Waals surface area contributed by atoms with Gasteiger partial charge in [0.2, 0.25) is 5.91 Å². The lowest BCUT2D eigenvalue weighted by Gasteiger charge is -2.40. The molecular weight excluding hydrogens is 298 g/mol. The van der Waals surface area contributed by atoms with Gasteiger partial charge in [-0.1, -0.05) is 20.3 Å². The number of rotatable bonds is 5. The minimum atomic E-state index is -0.340. The minimum Gasteiger partial charge on any atom is -0.349 e. The number of carbonyl (C=O) groups excluding carboxylic acids is 2. The predicted molar refractivity (Wildman–Crippen MR) is 85.2 cm³/mol. The fourth-order valence-corrected chi connectivity index (χ4v) is 3.16. The molecule has 0 aromatic carbocycles. The molecule has 0 saturated carbocycles. The molecule has 2 aliphatic rings. The van der Waals surface area contributed by atoms with Gasteiger partial charge in [0.15, 0.2) is 6.29 Å². The molecule has 2 heterocycles. The van der Waals surface area contributed by atoms with Crippen LogP contribution in [0.25, 0.3) is 0 Å². The summed E-state index contributed by atoms with van der Waals surface area (Å²) in [7, 11) is 0. The lowest BCUT2D eigenvalue weighted by molar-refractivity contribution is -0.141. The van der Waals surface area contributed by atoms with E-state index in [0.717, 1.165) is 25.8 Å². The lowest BCUT2D eigenvalue weighted by atomic mass is 9.99. The third kappa shape index (κ3) is 5.16. The third-order valence-corrected chi connectivity index (χ3v) is 4.35. The summed E-state index contributed by atoms with van der Waals surface area (Å²) >= 11 is 0. The molecule has 0 bridgehead atoms. The molecule has 0 aliphatic carbocycles. The molecular formula is C16H29N3O4. The Morgan fingerprint density at radius 3 is 2.48 bits per heavy atom. The standard InChI is InChI=1S/C16H29N3O4/c1-11(2)10-14(20)17-18-15(21)12(3)19-7-5-4-6-13(19)16-22-8-9-23-16/h11-13,16H,4-10H2,1-3H3,(H,17,20)(H,18,21)/t12-,13-/m1/s1. The number of ether oxygens (including phenoxy) is 2. The fraction of sp³-hybridized carbons (Fsp3) is 0.875. The summed E-state index contributed by atoms with van der Waals surface area (Å²) in [6.45, 7) is 7.84. The van der Waals surface area contributed by atoms with E-state index in [4.69, 9.17) is 9.47 Å². The van der Waals surface area contributed by atoms with Gasteiger partial charge in [0.05, 0.1) is 25.3 Å². The van der Waals surface area contributed by atoms with Crippen LogP contribution in [0.3, 0.4) is 0 Å². The Kier molecular flexibility index (Phi) is 6.80. The Hall–Kier alpha value is -1.18. The third-order valence-electron chi connectivity index (χ3n) is 4.35. The number of piperidine rings is 1. The fourth-order valence-electron chi connectivity index (χ4n) is 3.16. The van der Waals surface area contributed by atoms with E-state index in [2.05, 4.69) is 15.8 Å². The number of hydrogen-bond acceptors (Lipinski definition) is 5. The van der Waals surface area contributed by atoms with Crippen molar-refractivity contribution in [1.29, 1.82) is 0 Å². The van der Waals surface area contributed by atoms with Gasteiger partial charge in [-0.3, -0.25) is 25.3 Å². The minimum absolute atomic E-state index is 0.0957. The highest BCUT2D eigenvalue weighted by molar-refractivity contribution is 5.85. The van der Waals surface area contributed by atoms with Crippen molar-refractivity contribution in [2.24, 2.45) is 5.92 Å². The molecule has 132 valence electrons. The number of likely N-dealkylation sites (tertiary alicyclic amines) is 1. The highest BCUT2D eigenvalue weighted by Gasteiger charge is 2.37. The van der Waals surface area contributed by atoms with E-state index in [-0.39, 0.29) is 36.1 Å². The van der Waals surface area contributed by atoms with Gasteiger partial charge in [-0.25, -0.2) is 0 Å². The Balaban J connectivity index is 1.87. The Labute approximate surface area is 138 Å². The molecule has 2 aliphatic heterocycles. The highest BCUT2D eigenvalue weighted by Crippen LogP contribution is 2.26. The van der Waals surface area contributed by atoms with Gasteiger partial charge >= 0.3 is 0 Å². The summed E-state index contributed by atoms with van der Waals surface area (Å²) in [4.78, 5) is 26.1. The van der Waals surface area contributed by atoms with Crippen molar-refractivity contribution >= 4 is 11.8 Å². The maximum Gasteiger partial charge on any atom is 0.255 e. The number of nitrogens with one attached hydrogen (secondary N) is 2. The molecule has 7 nitrogen and oxygen atoms in total. The monoisotopic (exact) mass is 327 g/mol. The summed E-state index contributed by atoms with van der Waals surface area (Å²) in [5.41, 5.74) is 5.02. The van der Waals surface area contributed by atoms with E-state index in [9.17, 15) is 9.59 Å². The van der Waals surface area contributed by atoms with E-state index < -0.39 is 0 Å². The second-order valence-electron chi connectivity index (χ2n) is 6.72. The molecule has 7 heteroatoms. The zero-order chi connectivity index (χ0) is 16.8. The summed E-state index contributed by atoms with van der Waals surface area (Å²) in [6, 6.07) is -0.245. The molecule has 0 aromatic heterocycles. The van der Waals surface area contributed by atoms with Crippen molar-refractivity contribution in [3.8, 4) is 0 Å². The zero-order valence-electron chi connectivity index (χ0n) is 14.3. The van der Waals surface area contributed by atoms with Crippen molar-refractivity contribution in [3.05, 3.63) is 0 Å². The number of amides is 2. The van der Waals surface area contributed by atoms with E-state index >= 15 is 0 Å². The molecule has 2 saturated heterocycles. The molecule has 2 N–H and O–H groups in total. The molecule has 2 rings (SSSR count). The van der Waals surface area contributed by atoms with E-state index in [0.29, 0.717) is 19.6 Å². The predicted octanol–water partition coefficient (Wildman–Crippen LogP) is 0.796. The zero-order valence-corrected chi connectivity index (χ0v) is 14.3. The van der Waals surface area contributed by atoms with Gasteiger partial charge in [0, 0.05) is 6.42 Å². The summed E-state index contributed by atoms with van der Waals surface area (Å²) in [5.74, 6) is -0.113. The van der Waals surface area contributed by atoms with Gasteiger partial charge in [-0.15, -0.1) is 0 Å². The van der Waals surface area contributed by atoms with E-state index in [1.165, 1.54) is 0 Å². The van der Waals surface area contributed by atoms with Crippen LogP contribution in [0.5, 0.6) is 0 Å². The maximum atomic E-state index is 12.3. The quantitative estimate of drug-likeness (QED) is 0.730. The van der Waals surface area contributed by atoms with Gasteiger partial charge in [-0.05, 0) is 32.2 Å². The first-order chi connectivity index (χ1) is 11.0. The van der Waals surface area contributed by atoms with Crippen molar-refractivity contribution in [3.63, 3.8) is 0 Å². The van der Waals surface area contributed by atoms with Crippen LogP contribution in [-0.4, -0.2) is 54.8 Å². The summed E-state index contributed by atoms with van der Waals surface area (Å²) < 4.78 is 11.3. The number of hydrogen-bond donors (Lipinski definition) is 2. The first-order valence-corrected chi connectivity index (χ1v) is 8.56. The van der Waals surface area contributed by atoms with Crippen LogP contribution in [0.1, 0.15) is 46.5 Å². The Bertz CT molecular complexity index is 410. The van der Waals surface area contributed by atoms with Gasteiger partial charge in [-0.2, -0.15) is 0 Å². The van der Waals surface area contributed by atoms with Crippen LogP contribution in [0.15, 0.2) is 0 Å². The van der Waals surface area contributed by atoms with Crippen LogP contribution >= 0.6 is 0 Å². The van der Waals surface area contributed by atoms with Crippen LogP contribution in [-0.2, 0) is 19.1 Å². The van der Waals surface area contributed by atoms with Gasteiger partial charge < -0.3 is 9.47 Å². The second-order valence-corrected chi connectivity index (χ2v) is 6.72. The average Bonchev–Trinajstić information content (AvgIpc) is 3.05. The molecule has 0 radical (unpaired) electrons. The van der Waals surface area contributed by atoms with E-state index in [1.54, 1.807) is 0 Å². The number of hydrazine groups is 1. The van der Waals surface area contributed by atoms with Crippen molar-refractivity contribution in [1.82, 2.24) is 15.8 Å². The summed E-state index contributed by atoms with van der Waals surface area (Å²) in [5, 5.41) is 0. The first kappa shape index (κ1) is 18.2.